The third-order valence-corrected chi connectivity index (χ3v) is 4.01. The minimum Gasteiger partial charge on any atom is -0.477 e. The van der Waals surface area contributed by atoms with Crippen LogP contribution >= 0.6 is 11.3 Å². The molecule has 1 N–H and O–H groups in total. The van der Waals surface area contributed by atoms with Crippen LogP contribution in [0.4, 0.5) is 5.69 Å². The van der Waals surface area contributed by atoms with Crippen molar-refractivity contribution in [1.82, 2.24) is 4.98 Å². The second-order valence-electron chi connectivity index (χ2n) is 4.45. The van der Waals surface area contributed by atoms with Gasteiger partial charge in [-0.15, -0.1) is 11.3 Å². The van der Waals surface area contributed by atoms with E-state index in [2.05, 4.69) is 34.3 Å². The Hall–Kier alpha value is -1.88. The number of carboxylic acids is 1. The van der Waals surface area contributed by atoms with Gasteiger partial charge in [0.1, 0.15) is 5.69 Å². The number of carboxylic acid groups (broad SMARTS) is 1. The Labute approximate surface area is 116 Å². The highest BCUT2D eigenvalue weighted by Gasteiger charge is 2.12. The van der Waals surface area contributed by atoms with Gasteiger partial charge in [0.25, 0.3) is 0 Å². The van der Waals surface area contributed by atoms with E-state index in [1.807, 2.05) is 7.05 Å². The summed E-state index contributed by atoms with van der Waals surface area (Å²) < 4.78 is 0. The van der Waals surface area contributed by atoms with Gasteiger partial charge < -0.3 is 10.0 Å². The lowest BCUT2D eigenvalue weighted by Gasteiger charge is -2.26. The van der Waals surface area contributed by atoms with Crippen LogP contribution in [0.5, 0.6) is 0 Å². The summed E-state index contributed by atoms with van der Waals surface area (Å²) in [4.78, 5) is 18.1. The van der Waals surface area contributed by atoms with Gasteiger partial charge in [0.2, 0.25) is 0 Å². The Kier molecular flexibility index (Phi) is 4.16. The van der Waals surface area contributed by atoms with Gasteiger partial charge in [-0.2, -0.15) is 0 Å². The predicted molar refractivity (Wildman–Crippen MR) is 77.1 cm³/mol. The molecule has 1 atom stereocenters. The standard InChI is InChI=1S/C14H16N2O2S/c1-10(8-12-4-3-7-19-12)16(2)11-5-6-13(14(17)18)15-9-11/h3-7,9-10H,8H2,1-2H3,(H,17,18). The van der Waals surface area contributed by atoms with Crippen molar-refractivity contribution in [3.05, 3.63) is 46.4 Å². The number of carbonyl (C=O) groups is 1. The summed E-state index contributed by atoms with van der Waals surface area (Å²) in [7, 11) is 2.00. The maximum absolute atomic E-state index is 10.8. The molecule has 0 aliphatic heterocycles. The van der Waals surface area contributed by atoms with Gasteiger partial charge in [0, 0.05) is 24.4 Å². The number of hydrogen-bond acceptors (Lipinski definition) is 4. The zero-order valence-electron chi connectivity index (χ0n) is 10.9. The molecule has 0 aliphatic rings. The SMILES string of the molecule is CC(Cc1cccs1)N(C)c1ccc(C(=O)O)nc1. The van der Waals surface area contributed by atoms with Crippen LogP contribution in [0.25, 0.3) is 0 Å². The lowest BCUT2D eigenvalue weighted by atomic mass is 10.1. The van der Waals surface area contributed by atoms with Gasteiger partial charge in [-0.05, 0) is 30.5 Å². The fraction of sp³-hybridized carbons (Fsp3) is 0.286. The molecule has 0 aliphatic carbocycles. The van der Waals surface area contributed by atoms with Crippen molar-refractivity contribution < 1.29 is 9.90 Å². The van der Waals surface area contributed by atoms with Gasteiger partial charge >= 0.3 is 5.97 Å². The van der Waals surface area contributed by atoms with Crippen LogP contribution in [0.1, 0.15) is 22.3 Å². The van der Waals surface area contributed by atoms with Crippen molar-refractivity contribution in [2.45, 2.75) is 19.4 Å². The predicted octanol–water partition coefficient (Wildman–Crippen LogP) is 2.91. The van der Waals surface area contributed by atoms with E-state index in [0.29, 0.717) is 6.04 Å². The molecule has 100 valence electrons. The average molecular weight is 276 g/mol. The molecule has 0 aromatic carbocycles. The number of pyridine rings is 1. The second kappa shape index (κ2) is 5.84. The molecular weight excluding hydrogens is 260 g/mol. The van der Waals surface area contributed by atoms with Crippen molar-refractivity contribution in [2.75, 3.05) is 11.9 Å². The van der Waals surface area contributed by atoms with Gasteiger partial charge in [-0.1, -0.05) is 6.07 Å². The van der Waals surface area contributed by atoms with Crippen molar-refractivity contribution >= 4 is 23.0 Å². The molecule has 0 saturated carbocycles. The van der Waals surface area contributed by atoms with Crippen LogP contribution in [-0.2, 0) is 6.42 Å². The first-order valence-corrected chi connectivity index (χ1v) is 6.90. The van der Waals surface area contributed by atoms with Gasteiger partial charge in [0.15, 0.2) is 0 Å². The summed E-state index contributed by atoms with van der Waals surface area (Å²) in [6.45, 7) is 2.14. The van der Waals surface area contributed by atoms with Crippen molar-refractivity contribution in [3.8, 4) is 0 Å². The van der Waals surface area contributed by atoms with Crippen molar-refractivity contribution in [3.63, 3.8) is 0 Å². The lowest BCUT2D eigenvalue weighted by molar-refractivity contribution is 0.0690. The monoisotopic (exact) mass is 276 g/mol. The van der Waals surface area contributed by atoms with Crippen molar-refractivity contribution in [1.29, 1.82) is 0 Å². The Morgan fingerprint density at radius 3 is 2.79 bits per heavy atom. The molecule has 0 amide bonds. The third kappa shape index (κ3) is 3.32. The largest absolute Gasteiger partial charge is 0.477 e. The Morgan fingerprint density at radius 2 is 2.26 bits per heavy atom. The van der Waals surface area contributed by atoms with E-state index in [1.165, 1.54) is 10.9 Å². The van der Waals surface area contributed by atoms with E-state index in [4.69, 9.17) is 5.11 Å². The average Bonchev–Trinajstić information content (AvgIpc) is 2.90. The number of hydrogen-bond donors (Lipinski definition) is 1. The highest BCUT2D eigenvalue weighted by Crippen LogP contribution is 2.19. The lowest BCUT2D eigenvalue weighted by Crippen LogP contribution is -2.30. The van der Waals surface area contributed by atoms with Crippen molar-refractivity contribution in [2.24, 2.45) is 0 Å². The quantitative estimate of drug-likeness (QED) is 0.912. The first-order chi connectivity index (χ1) is 9.08. The van der Waals surface area contributed by atoms with Gasteiger partial charge in [-0.3, -0.25) is 0 Å². The van der Waals surface area contributed by atoms with Crippen LogP contribution in [0.3, 0.4) is 0 Å². The molecule has 4 nitrogen and oxygen atoms in total. The zero-order chi connectivity index (χ0) is 13.8. The normalized spacial score (nSPS) is 12.1. The third-order valence-electron chi connectivity index (χ3n) is 3.11. The molecule has 0 bridgehead atoms. The van der Waals surface area contributed by atoms with E-state index in [9.17, 15) is 4.79 Å². The Bertz CT molecular complexity index is 537. The molecule has 2 aromatic heterocycles. The van der Waals surface area contributed by atoms with E-state index in [0.717, 1.165) is 12.1 Å². The molecule has 0 fully saturated rings. The topological polar surface area (TPSA) is 53.4 Å². The molecule has 2 heterocycles. The summed E-state index contributed by atoms with van der Waals surface area (Å²) in [5.41, 5.74) is 0.997. The number of likely N-dealkylation sites (N-methyl/N-ethyl adjacent to an activating group) is 1. The zero-order valence-corrected chi connectivity index (χ0v) is 11.7. The summed E-state index contributed by atoms with van der Waals surface area (Å²) in [5.74, 6) is -0.999. The molecule has 0 spiro atoms. The molecule has 1 unspecified atom stereocenters. The number of nitrogens with zero attached hydrogens (tertiary/aromatic N) is 2. The number of aromatic nitrogens is 1. The Morgan fingerprint density at radius 1 is 1.47 bits per heavy atom. The number of thiophene rings is 1. The molecule has 5 heteroatoms. The van der Waals surface area contributed by atoms with Crippen LogP contribution in [-0.4, -0.2) is 29.1 Å². The minimum atomic E-state index is -0.999. The van der Waals surface area contributed by atoms with Gasteiger partial charge in [0.05, 0.1) is 11.9 Å². The molecule has 2 rings (SSSR count). The van der Waals surface area contributed by atoms with E-state index < -0.39 is 5.97 Å². The molecule has 19 heavy (non-hydrogen) atoms. The van der Waals surface area contributed by atoms with Crippen LogP contribution in [0.15, 0.2) is 35.8 Å². The molecule has 0 radical (unpaired) electrons. The van der Waals surface area contributed by atoms with Crippen LogP contribution in [0.2, 0.25) is 0 Å². The first kappa shape index (κ1) is 13.5. The second-order valence-corrected chi connectivity index (χ2v) is 5.48. The fourth-order valence-corrected chi connectivity index (χ4v) is 2.66. The molecule has 0 saturated heterocycles. The Balaban J connectivity index is 2.06. The van der Waals surface area contributed by atoms with E-state index >= 15 is 0 Å². The number of rotatable bonds is 5. The first-order valence-electron chi connectivity index (χ1n) is 6.02. The molecular formula is C14H16N2O2S. The van der Waals surface area contributed by atoms with E-state index in [1.54, 1.807) is 23.6 Å². The number of anilines is 1. The van der Waals surface area contributed by atoms with Crippen LogP contribution < -0.4 is 4.90 Å². The molecule has 2 aromatic rings. The maximum atomic E-state index is 10.8. The number of aromatic carboxylic acids is 1. The smallest absolute Gasteiger partial charge is 0.354 e. The van der Waals surface area contributed by atoms with E-state index in [-0.39, 0.29) is 5.69 Å². The minimum absolute atomic E-state index is 0.0723. The highest BCUT2D eigenvalue weighted by atomic mass is 32.1. The van der Waals surface area contributed by atoms with Gasteiger partial charge in [-0.25, -0.2) is 9.78 Å². The summed E-state index contributed by atoms with van der Waals surface area (Å²) in [6, 6.07) is 7.83. The summed E-state index contributed by atoms with van der Waals surface area (Å²) in [5, 5.41) is 10.9. The summed E-state index contributed by atoms with van der Waals surface area (Å²) >= 11 is 1.75. The maximum Gasteiger partial charge on any atom is 0.354 e. The summed E-state index contributed by atoms with van der Waals surface area (Å²) in [6.07, 6.45) is 2.57. The highest BCUT2D eigenvalue weighted by molar-refractivity contribution is 7.09. The van der Waals surface area contributed by atoms with Crippen LogP contribution in [0, 0.1) is 0 Å². The fourth-order valence-electron chi connectivity index (χ4n) is 1.83.